The summed E-state index contributed by atoms with van der Waals surface area (Å²) in [7, 11) is 0. The van der Waals surface area contributed by atoms with Crippen molar-refractivity contribution in [2.75, 3.05) is 9.91 Å². The van der Waals surface area contributed by atoms with Gasteiger partial charge in [0.1, 0.15) is 17.7 Å². The summed E-state index contributed by atoms with van der Waals surface area (Å²) in [6.07, 6.45) is 0. The second kappa shape index (κ2) is 6.83. The molecule has 0 aromatic heterocycles. The number of rotatable bonds is 3. The number of amides is 2. The van der Waals surface area contributed by atoms with Crippen molar-refractivity contribution in [3.63, 3.8) is 0 Å². The molecular formula is C20H15BrClN3O3. The maximum atomic E-state index is 13.3. The topological polar surface area (TPSA) is 70.1 Å². The van der Waals surface area contributed by atoms with Gasteiger partial charge < -0.3 is 0 Å². The number of anilines is 2. The van der Waals surface area contributed by atoms with Crippen molar-refractivity contribution in [3.8, 4) is 0 Å². The molecule has 0 radical (unpaired) electrons. The molecule has 1 saturated heterocycles. The number of hydrogen-bond acceptors (Lipinski definition) is 5. The van der Waals surface area contributed by atoms with Crippen LogP contribution < -0.4 is 9.91 Å². The first kappa shape index (κ1) is 18.8. The summed E-state index contributed by atoms with van der Waals surface area (Å²) in [6.45, 7) is 3.10. The van der Waals surface area contributed by atoms with Crippen LogP contribution in [0.3, 0.4) is 0 Å². The number of halogens is 2. The van der Waals surface area contributed by atoms with Crippen molar-refractivity contribution in [1.29, 1.82) is 0 Å². The van der Waals surface area contributed by atoms with E-state index in [1.807, 2.05) is 12.1 Å². The Morgan fingerprint density at radius 3 is 2.43 bits per heavy atom. The standard InChI is InChI=1S/C20H15BrClN3O3/c1-10-14(22)4-3-5-15(10)24-19(27)16-17(11(2)26)23-25(18(16)20(24)28)13-8-6-12(21)7-9-13/h3-9,16,18H,1-2H3/t16-,18+/m1/s1. The lowest BCUT2D eigenvalue weighted by Crippen LogP contribution is -2.39. The number of fused-ring (bicyclic) bond motifs is 1. The molecule has 2 amide bonds. The average Bonchev–Trinajstić information content (AvgIpc) is 3.16. The van der Waals surface area contributed by atoms with E-state index in [0.29, 0.717) is 22.0 Å². The fourth-order valence-corrected chi connectivity index (χ4v) is 4.02. The van der Waals surface area contributed by atoms with E-state index >= 15 is 0 Å². The van der Waals surface area contributed by atoms with E-state index < -0.39 is 23.8 Å². The summed E-state index contributed by atoms with van der Waals surface area (Å²) in [5.41, 5.74) is 1.77. The highest BCUT2D eigenvalue weighted by atomic mass is 79.9. The van der Waals surface area contributed by atoms with Gasteiger partial charge in [-0.1, -0.05) is 33.6 Å². The lowest BCUT2D eigenvalue weighted by atomic mass is 9.95. The monoisotopic (exact) mass is 459 g/mol. The molecule has 2 aromatic rings. The van der Waals surface area contributed by atoms with Gasteiger partial charge in [0.05, 0.1) is 11.4 Å². The van der Waals surface area contributed by atoms with Crippen molar-refractivity contribution in [2.45, 2.75) is 19.9 Å². The summed E-state index contributed by atoms with van der Waals surface area (Å²) >= 11 is 9.56. The molecule has 0 spiro atoms. The van der Waals surface area contributed by atoms with E-state index in [4.69, 9.17) is 11.6 Å². The lowest BCUT2D eigenvalue weighted by Gasteiger charge is -2.23. The maximum Gasteiger partial charge on any atom is 0.259 e. The number of benzene rings is 2. The molecule has 2 atom stereocenters. The third kappa shape index (κ3) is 2.77. The minimum atomic E-state index is -0.938. The van der Waals surface area contributed by atoms with Gasteiger partial charge in [0.2, 0.25) is 5.91 Å². The summed E-state index contributed by atoms with van der Waals surface area (Å²) in [6, 6.07) is 11.3. The molecule has 0 aliphatic carbocycles. The van der Waals surface area contributed by atoms with Crippen LogP contribution in [0.25, 0.3) is 0 Å². The SMILES string of the molecule is CC(=O)C1=NN(c2ccc(Br)cc2)[C@@H]2C(=O)N(c3cccc(Cl)c3C)C(=O)[C@H]12. The maximum absolute atomic E-state index is 13.3. The van der Waals surface area contributed by atoms with Gasteiger partial charge in [-0.2, -0.15) is 5.10 Å². The summed E-state index contributed by atoms with van der Waals surface area (Å²) in [4.78, 5) is 39.8. The van der Waals surface area contributed by atoms with Gasteiger partial charge in [-0.15, -0.1) is 0 Å². The zero-order valence-electron chi connectivity index (χ0n) is 15.0. The molecule has 0 saturated carbocycles. The van der Waals surface area contributed by atoms with Crippen molar-refractivity contribution in [3.05, 3.63) is 57.5 Å². The van der Waals surface area contributed by atoms with E-state index in [9.17, 15) is 14.4 Å². The fraction of sp³-hybridized carbons (Fsp3) is 0.200. The fourth-order valence-electron chi connectivity index (χ4n) is 3.59. The normalized spacial score (nSPS) is 21.2. The summed E-state index contributed by atoms with van der Waals surface area (Å²) in [5.74, 6) is -2.16. The second-order valence-electron chi connectivity index (χ2n) is 6.68. The predicted octanol–water partition coefficient (Wildman–Crippen LogP) is 3.73. The molecule has 28 heavy (non-hydrogen) atoms. The van der Waals surface area contributed by atoms with E-state index in [2.05, 4.69) is 21.0 Å². The molecule has 0 bridgehead atoms. The van der Waals surface area contributed by atoms with Crippen LogP contribution in [-0.4, -0.2) is 29.4 Å². The van der Waals surface area contributed by atoms with E-state index in [0.717, 1.165) is 9.37 Å². The Morgan fingerprint density at radius 1 is 1.11 bits per heavy atom. The zero-order valence-corrected chi connectivity index (χ0v) is 17.4. The molecule has 6 nitrogen and oxygen atoms in total. The highest BCUT2D eigenvalue weighted by Crippen LogP contribution is 2.39. The number of imide groups is 1. The molecule has 142 valence electrons. The van der Waals surface area contributed by atoms with Gasteiger partial charge in [0.15, 0.2) is 5.78 Å². The Hall–Kier alpha value is -2.51. The third-order valence-electron chi connectivity index (χ3n) is 4.98. The molecule has 4 rings (SSSR count). The first-order valence-corrected chi connectivity index (χ1v) is 9.75. The van der Waals surface area contributed by atoms with Crippen LogP contribution >= 0.6 is 27.5 Å². The molecule has 2 aliphatic rings. The minimum absolute atomic E-state index is 0.0912. The van der Waals surface area contributed by atoms with Gasteiger partial charge >= 0.3 is 0 Å². The Morgan fingerprint density at radius 2 is 1.79 bits per heavy atom. The number of hydrazone groups is 1. The Kier molecular flexibility index (Phi) is 4.59. The highest BCUT2D eigenvalue weighted by molar-refractivity contribution is 9.10. The summed E-state index contributed by atoms with van der Waals surface area (Å²) < 4.78 is 0.868. The van der Waals surface area contributed by atoms with E-state index in [1.165, 1.54) is 11.9 Å². The van der Waals surface area contributed by atoms with Crippen LogP contribution in [0.15, 0.2) is 52.0 Å². The molecule has 0 N–H and O–H groups in total. The van der Waals surface area contributed by atoms with Crippen molar-refractivity contribution in [1.82, 2.24) is 0 Å². The molecular weight excluding hydrogens is 446 g/mol. The number of nitrogens with zero attached hydrogens (tertiary/aromatic N) is 3. The number of Topliss-reactive ketones (excluding diaryl/α,β-unsaturated/α-hetero) is 1. The largest absolute Gasteiger partial charge is 0.293 e. The van der Waals surface area contributed by atoms with Gasteiger partial charge in [0.25, 0.3) is 5.91 Å². The highest BCUT2D eigenvalue weighted by Gasteiger charge is 2.58. The molecule has 2 aliphatic heterocycles. The molecule has 1 fully saturated rings. The summed E-state index contributed by atoms with van der Waals surface area (Å²) in [5, 5.41) is 6.26. The van der Waals surface area contributed by atoms with Gasteiger partial charge in [0, 0.05) is 16.4 Å². The van der Waals surface area contributed by atoms with Crippen molar-refractivity contribution in [2.24, 2.45) is 11.0 Å². The Labute approximate surface area is 174 Å². The molecule has 0 unspecified atom stereocenters. The first-order valence-electron chi connectivity index (χ1n) is 8.58. The van der Waals surface area contributed by atoms with Gasteiger partial charge in [-0.25, -0.2) is 4.90 Å². The molecule has 2 aromatic carbocycles. The van der Waals surface area contributed by atoms with Gasteiger partial charge in [-0.05, 0) is 48.9 Å². The predicted molar refractivity (Wildman–Crippen MR) is 111 cm³/mol. The van der Waals surface area contributed by atoms with E-state index in [-0.39, 0.29) is 11.5 Å². The second-order valence-corrected chi connectivity index (χ2v) is 8.00. The quantitative estimate of drug-likeness (QED) is 0.655. The third-order valence-corrected chi connectivity index (χ3v) is 5.92. The number of hydrogen-bond donors (Lipinski definition) is 0. The lowest BCUT2D eigenvalue weighted by molar-refractivity contribution is -0.122. The number of carbonyl (C=O) groups excluding carboxylic acids is 3. The van der Waals surface area contributed by atoms with Crippen LogP contribution in [0.5, 0.6) is 0 Å². The number of carbonyl (C=O) groups is 3. The zero-order chi connectivity index (χ0) is 20.2. The Balaban J connectivity index is 1.83. The van der Waals surface area contributed by atoms with Crippen LogP contribution in [0.2, 0.25) is 5.02 Å². The van der Waals surface area contributed by atoms with Crippen molar-refractivity contribution < 1.29 is 14.4 Å². The van der Waals surface area contributed by atoms with Crippen molar-refractivity contribution >= 4 is 62.2 Å². The van der Waals surface area contributed by atoms with Crippen LogP contribution in [0.4, 0.5) is 11.4 Å². The van der Waals surface area contributed by atoms with Gasteiger partial charge in [-0.3, -0.25) is 19.4 Å². The first-order chi connectivity index (χ1) is 13.3. The van der Waals surface area contributed by atoms with Crippen LogP contribution in [-0.2, 0) is 14.4 Å². The van der Waals surface area contributed by atoms with Crippen LogP contribution in [0, 0.1) is 12.8 Å². The molecule has 2 heterocycles. The number of ketones is 1. The molecule has 8 heteroatoms. The minimum Gasteiger partial charge on any atom is -0.293 e. The average molecular weight is 461 g/mol. The smallest absolute Gasteiger partial charge is 0.259 e. The van der Waals surface area contributed by atoms with Crippen LogP contribution in [0.1, 0.15) is 12.5 Å². The Bertz CT molecular complexity index is 1050. The van der Waals surface area contributed by atoms with E-state index in [1.54, 1.807) is 37.3 Å².